The molecule has 4 aliphatic rings. The quantitative estimate of drug-likeness (QED) is 0.802. The van der Waals surface area contributed by atoms with Gasteiger partial charge in [-0.1, -0.05) is 13.8 Å². The number of nitrogens with one attached hydrogen (secondary N) is 1. The van der Waals surface area contributed by atoms with Crippen LogP contribution in [0.3, 0.4) is 0 Å². The van der Waals surface area contributed by atoms with Gasteiger partial charge in [0.25, 0.3) is 5.91 Å². The summed E-state index contributed by atoms with van der Waals surface area (Å²) in [5.41, 5.74) is 1.09. The van der Waals surface area contributed by atoms with Crippen molar-refractivity contribution in [1.82, 2.24) is 15.2 Å². The van der Waals surface area contributed by atoms with Crippen LogP contribution >= 0.6 is 0 Å². The normalized spacial score (nSPS) is 42.8. The maximum Gasteiger partial charge on any atom is 0.253 e. The van der Waals surface area contributed by atoms with E-state index in [-0.39, 0.29) is 22.8 Å². The molecule has 2 unspecified atom stereocenters. The molecule has 7 atom stereocenters. The van der Waals surface area contributed by atoms with E-state index in [4.69, 9.17) is 0 Å². The van der Waals surface area contributed by atoms with E-state index in [2.05, 4.69) is 29.0 Å². The van der Waals surface area contributed by atoms with Crippen LogP contribution in [-0.4, -0.2) is 40.8 Å². The summed E-state index contributed by atoms with van der Waals surface area (Å²) in [5, 5.41) is 3.38. The molecule has 4 fully saturated rings. The summed E-state index contributed by atoms with van der Waals surface area (Å²) >= 11 is 0. The first-order valence-electron chi connectivity index (χ1n) is 11.8. The molecule has 5 rings (SSSR count). The number of hydrogen-bond donors (Lipinski definition) is 1. The summed E-state index contributed by atoms with van der Waals surface area (Å²) in [7, 11) is 2.03. The van der Waals surface area contributed by atoms with E-state index in [0.29, 0.717) is 35.8 Å². The van der Waals surface area contributed by atoms with E-state index in [0.717, 1.165) is 25.2 Å². The monoisotopic (exact) mass is 409 g/mol. The Kier molecular flexibility index (Phi) is 4.71. The molecule has 1 aromatic heterocycles. The highest BCUT2D eigenvalue weighted by molar-refractivity contribution is 5.94. The molecule has 3 aliphatic carbocycles. The SMILES string of the molecule is CN1C(=O)CC[C@@]2(C)C1CC[C@@H]1[C@H]2CC[C@]2(C)C(NC(=O)c3cccnc3)CC[C@@H]12. The molecule has 5 heteroatoms. The number of carbonyl (C=O) groups excluding carboxylic acids is 2. The van der Waals surface area contributed by atoms with Crippen LogP contribution in [0.15, 0.2) is 24.5 Å². The van der Waals surface area contributed by atoms with Crippen molar-refractivity contribution in [2.75, 3.05) is 7.05 Å². The van der Waals surface area contributed by atoms with E-state index in [1.807, 2.05) is 19.2 Å². The lowest BCUT2D eigenvalue weighted by Crippen LogP contribution is -2.62. The molecule has 2 amide bonds. The van der Waals surface area contributed by atoms with Crippen LogP contribution in [-0.2, 0) is 4.79 Å². The Balaban J connectivity index is 1.35. The van der Waals surface area contributed by atoms with E-state index in [9.17, 15) is 9.59 Å². The fraction of sp³-hybridized carbons (Fsp3) is 0.720. The van der Waals surface area contributed by atoms with Crippen LogP contribution in [0.4, 0.5) is 0 Å². The van der Waals surface area contributed by atoms with Crippen molar-refractivity contribution in [3.05, 3.63) is 30.1 Å². The van der Waals surface area contributed by atoms with Crippen LogP contribution in [0.25, 0.3) is 0 Å². The molecule has 1 saturated heterocycles. The summed E-state index contributed by atoms with van der Waals surface area (Å²) in [5.74, 6) is 2.46. The number of hydrogen-bond acceptors (Lipinski definition) is 3. The van der Waals surface area contributed by atoms with Gasteiger partial charge in [-0.25, -0.2) is 0 Å². The van der Waals surface area contributed by atoms with E-state index in [1.54, 1.807) is 12.4 Å². The molecule has 30 heavy (non-hydrogen) atoms. The summed E-state index contributed by atoms with van der Waals surface area (Å²) in [6.45, 7) is 4.90. The van der Waals surface area contributed by atoms with Gasteiger partial charge in [-0.3, -0.25) is 14.6 Å². The Bertz CT molecular complexity index is 842. The third kappa shape index (κ3) is 2.84. The molecule has 1 aliphatic heterocycles. The second kappa shape index (κ2) is 7.06. The van der Waals surface area contributed by atoms with Crippen LogP contribution in [0.1, 0.15) is 75.6 Å². The van der Waals surface area contributed by atoms with Crippen LogP contribution in [0.2, 0.25) is 0 Å². The number of piperidine rings is 1. The van der Waals surface area contributed by atoms with E-state index >= 15 is 0 Å². The summed E-state index contributed by atoms with van der Waals surface area (Å²) < 4.78 is 0. The average Bonchev–Trinajstić information content (AvgIpc) is 3.08. The van der Waals surface area contributed by atoms with Crippen molar-refractivity contribution in [1.29, 1.82) is 0 Å². The van der Waals surface area contributed by atoms with Gasteiger partial charge in [0.15, 0.2) is 0 Å². The molecule has 0 bridgehead atoms. The van der Waals surface area contributed by atoms with Crippen molar-refractivity contribution in [3.8, 4) is 0 Å². The highest BCUT2D eigenvalue weighted by Crippen LogP contribution is 2.64. The summed E-state index contributed by atoms with van der Waals surface area (Å²) in [6, 6.07) is 4.32. The van der Waals surface area contributed by atoms with Gasteiger partial charge in [0.1, 0.15) is 0 Å². The van der Waals surface area contributed by atoms with Crippen molar-refractivity contribution < 1.29 is 9.59 Å². The largest absolute Gasteiger partial charge is 0.349 e. The Morgan fingerprint density at radius 3 is 2.67 bits per heavy atom. The smallest absolute Gasteiger partial charge is 0.253 e. The number of rotatable bonds is 2. The highest BCUT2D eigenvalue weighted by atomic mass is 16.2. The number of carbonyl (C=O) groups is 2. The van der Waals surface area contributed by atoms with Gasteiger partial charge >= 0.3 is 0 Å². The molecule has 1 aromatic rings. The predicted molar refractivity (Wildman–Crippen MR) is 116 cm³/mol. The predicted octanol–water partition coefficient (Wildman–Crippen LogP) is 4.04. The molecule has 0 spiro atoms. The lowest BCUT2D eigenvalue weighted by atomic mass is 9.47. The Morgan fingerprint density at radius 2 is 1.90 bits per heavy atom. The fourth-order valence-electron chi connectivity index (χ4n) is 8.13. The molecule has 3 saturated carbocycles. The van der Waals surface area contributed by atoms with Crippen molar-refractivity contribution in [2.24, 2.45) is 28.6 Å². The van der Waals surface area contributed by atoms with Crippen molar-refractivity contribution >= 4 is 11.8 Å². The number of aromatic nitrogens is 1. The van der Waals surface area contributed by atoms with E-state index < -0.39 is 0 Å². The molecule has 2 heterocycles. The van der Waals surface area contributed by atoms with Gasteiger partial charge in [-0.15, -0.1) is 0 Å². The summed E-state index contributed by atoms with van der Waals surface area (Å²) in [6.07, 6.45) is 12.2. The molecule has 0 aromatic carbocycles. The van der Waals surface area contributed by atoms with E-state index in [1.165, 1.54) is 25.7 Å². The number of amides is 2. The minimum absolute atomic E-state index is 0.0141. The van der Waals surface area contributed by atoms with Gasteiger partial charge < -0.3 is 10.2 Å². The molecular formula is C25H35N3O2. The molecule has 5 nitrogen and oxygen atoms in total. The Labute approximate surface area is 180 Å². The van der Waals surface area contributed by atoms with Gasteiger partial charge in [-0.2, -0.15) is 0 Å². The van der Waals surface area contributed by atoms with Gasteiger partial charge in [-0.05, 0) is 85.7 Å². The van der Waals surface area contributed by atoms with Crippen LogP contribution < -0.4 is 5.32 Å². The third-order valence-corrected chi connectivity index (χ3v) is 9.79. The zero-order valence-corrected chi connectivity index (χ0v) is 18.6. The number of nitrogens with zero attached hydrogens (tertiary/aromatic N) is 2. The second-order valence-corrected chi connectivity index (χ2v) is 10.9. The van der Waals surface area contributed by atoms with Crippen LogP contribution in [0, 0.1) is 28.6 Å². The Morgan fingerprint density at radius 1 is 1.10 bits per heavy atom. The molecular weight excluding hydrogens is 374 g/mol. The maximum absolute atomic E-state index is 12.8. The zero-order chi connectivity index (χ0) is 21.1. The van der Waals surface area contributed by atoms with Gasteiger partial charge in [0.2, 0.25) is 5.91 Å². The molecule has 162 valence electrons. The maximum atomic E-state index is 12.8. The first-order valence-corrected chi connectivity index (χ1v) is 11.8. The third-order valence-electron chi connectivity index (χ3n) is 9.79. The summed E-state index contributed by atoms with van der Waals surface area (Å²) in [4.78, 5) is 31.3. The average molecular weight is 410 g/mol. The number of fused-ring (bicyclic) bond motifs is 5. The van der Waals surface area contributed by atoms with Gasteiger partial charge in [0.05, 0.1) is 5.56 Å². The molecule has 1 N–H and O–H groups in total. The highest BCUT2D eigenvalue weighted by Gasteiger charge is 2.61. The second-order valence-electron chi connectivity index (χ2n) is 10.9. The minimum atomic E-state index is 0.0141. The molecule has 0 radical (unpaired) electrons. The number of likely N-dealkylation sites (tertiary alicyclic amines) is 1. The fourth-order valence-corrected chi connectivity index (χ4v) is 8.13. The first kappa shape index (κ1) is 20.0. The topological polar surface area (TPSA) is 62.3 Å². The van der Waals surface area contributed by atoms with Crippen molar-refractivity contribution in [2.45, 2.75) is 77.3 Å². The Hall–Kier alpha value is -1.91. The van der Waals surface area contributed by atoms with Gasteiger partial charge in [0, 0.05) is 37.9 Å². The zero-order valence-electron chi connectivity index (χ0n) is 18.6. The lowest BCUT2D eigenvalue weighted by molar-refractivity contribution is -0.157. The minimum Gasteiger partial charge on any atom is -0.349 e. The first-order chi connectivity index (χ1) is 14.3. The van der Waals surface area contributed by atoms with Crippen molar-refractivity contribution in [3.63, 3.8) is 0 Å². The standard InChI is InChI=1S/C25H35N3O2/c1-24-12-10-19-17(6-9-21-25(19,2)13-11-22(29)28(21)3)18(24)7-8-20(24)27-23(30)16-5-4-14-26-15-16/h4-5,14-15,17-21H,6-13H2,1-3H3,(H,27,30)/t17-,18-,19+,20?,21?,24-,25+/m0/s1. The van der Waals surface area contributed by atoms with Crippen LogP contribution in [0.5, 0.6) is 0 Å². The lowest BCUT2D eigenvalue weighted by Gasteiger charge is -2.61. The number of pyridine rings is 1.